The molecule has 0 saturated carbocycles. The van der Waals surface area contributed by atoms with Crippen LogP contribution in [0.2, 0.25) is 0 Å². The number of rotatable bonds is 11. The van der Waals surface area contributed by atoms with Crippen LogP contribution in [0.5, 0.6) is 0 Å². The summed E-state index contributed by atoms with van der Waals surface area (Å²) in [6.07, 6.45) is 2.09. The second kappa shape index (κ2) is 18.4. The molecule has 0 aliphatic carbocycles. The molecule has 11 aromatic carbocycles. The van der Waals surface area contributed by atoms with Gasteiger partial charge in [-0.2, -0.15) is 0 Å². The Bertz CT molecular complexity index is 4350. The van der Waals surface area contributed by atoms with Crippen molar-refractivity contribution < 1.29 is 8.83 Å². The van der Waals surface area contributed by atoms with E-state index in [2.05, 4.69) is 263 Å². The maximum absolute atomic E-state index is 6.96. The highest BCUT2D eigenvalue weighted by atomic mass is 16.3. The number of hydrogen-bond acceptors (Lipinski definition) is 4. The second-order valence-electron chi connectivity index (χ2n) is 20.4. The Labute approximate surface area is 438 Å². The fraction of sp³-hybridized carbons (Fsp3) is 0.0986. The van der Waals surface area contributed by atoms with Gasteiger partial charge >= 0.3 is 0 Å². The third kappa shape index (κ3) is 7.42. The molecule has 0 saturated heterocycles. The van der Waals surface area contributed by atoms with Crippen molar-refractivity contribution in [2.24, 2.45) is 0 Å². The van der Waals surface area contributed by atoms with E-state index in [0.29, 0.717) is 0 Å². The van der Waals surface area contributed by atoms with Gasteiger partial charge < -0.3 is 18.6 Å². The molecular formula is C71H56N2O2. The Morgan fingerprint density at radius 3 is 1.32 bits per heavy atom. The highest BCUT2D eigenvalue weighted by Crippen LogP contribution is 2.53. The predicted molar refractivity (Wildman–Crippen MR) is 319 cm³/mol. The molecule has 13 rings (SSSR count). The summed E-state index contributed by atoms with van der Waals surface area (Å²) < 4.78 is 13.9. The summed E-state index contributed by atoms with van der Waals surface area (Å²) in [5, 5.41) is 9.03. The van der Waals surface area contributed by atoms with Gasteiger partial charge in [0.1, 0.15) is 11.2 Å². The van der Waals surface area contributed by atoms with E-state index >= 15 is 0 Å². The van der Waals surface area contributed by atoms with E-state index in [0.717, 1.165) is 111 Å². The second-order valence-corrected chi connectivity index (χ2v) is 20.4. The van der Waals surface area contributed by atoms with Crippen LogP contribution < -0.4 is 9.80 Å². The van der Waals surface area contributed by atoms with E-state index in [4.69, 9.17) is 15.4 Å². The van der Waals surface area contributed by atoms with E-state index in [1.165, 1.54) is 32.8 Å². The first-order chi connectivity index (χ1) is 36.8. The number of nitrogens with zero attached hydrogens (tertiary/aromatic N) is 2. The quantitative estimate of drug-likeness (QED) is 0.121. The molecule has 0 spiro atoms. The zero-order valence-corrected chi connectivity index (χ0v) is 42.9. The smallest absolute Gasteiger partial charge is 0.159 e. The minimum absolute atomic E-state index is 0.170. The third-order valence-electron chi connectivity index (χ3n) is 15.4. The third-order valence-corrected chi connectivity index (χ3v) is 15.4. The first-order valence-corrected chi connectivity index (χ1v) is 26.2. The largest absolute Gasteiger partial charge is 0.454 e. The molecule has 0 fully saturated rings. The van der Waals surface area contributed by atoms with E-state index in [9.17, 15) is 0 Å². The number of benzene rings is 11. The average molecular weight is 969 g/mol. The highest BCUT2D eigenvalue weighted by molar-refractivity contribution is 6.22. The van der Waals surface area contributed by atoms with E-state index in [1.54, 1.807) is 0 Å². The van der Waals surface area contributed by atoms with Gasteiger partial charge in [-0.1, -0.05) is 210 Å². The SMILES string of the molecule is C=Cc1c(N(c2ccccc2-c2ccccc2)c2cccc3c2oc2ccccc23)cc(C(C)C)c2ccc3c(N(c4ccccc4-c4ccccc4)c4cccc5c4oc4ccccc45)cc(C(C)C)c(C)c3c12. The standard InChI is InChI=1S/C71H56N2O2/c1-7-49-64(72(60-34-18-14-28-50(60)47-24-10-8-11-25-47)62-36-22-32-55-52-30-16-20-38-66(52)74-70(55)62)43-59(45(4)5)54-40-41-57-65(42-58(44(2)3)46(6)68(57)69(49)54)73(61-35-19-15-29-51(61)48-26-12-9-13-27-48)63-37-23-33-56-53-31-17-21-39-67(53)75-71(56)63/h7-45H,1H2,2-6H3. The number of furan rings is 2. The van der Waals surface area contributed by atoms with Gasteiger partial charge in [-0.3, -0.25) is 0 Å². The summed E-state index contributed by atoms with van der Waals surface area (Å²) >= 11 is 0. The van der Waals surface area contributed by atoms with E-state index in [-0.39, 0.29) is 11.8 Å². The lowest BCUT2D eigenvalue weighted by Crippen LogP contribution is -2.15. The molecule has 2 aromatic heterocycles. The van der Waals surface area contributed by atoms with Gasteiger partial charge in [-0.25, -0.2) is 0 Å². The number of anilines is 6. The van der Waals surface area contributed by atoms with Crippen LogP contribution in [0.3, 0.4) is 0 Å². The molecule has 13 aromatic rings. The minimum atomic E-state index is 0.170. The van der Waals surface area contributed by atoms with Crippen molar-refractivity contribution >= 4 is 106 Å². The topological polar surface area (TPSA) is 32.8 Å². The molecule has 0 unspecified atom stereocenters. The van der Waals surface area contributed by atoms with Crippen molar-refractivity contribution in [1.82, 2.24) is 0 Å². The fourth-order valence-electron chi connectivity index (χ4n) is 11.9. The molecule has 75 heavy (non-hydrogen) atoms. The molecule has 0 amide bonds. The fourth-order valence-corrected chi connectivity index (χ4v) is 11.9. The van der Waals surface area contributed by atoms with Crippen molar-refractivity contribution in [3.05, 3.63) is 247 Å². The Morgan fingerprint density at radius 1 is 0.373 bits per heavy atom. The van der Waals surface area contributed by atoms with E-state index in [1.807, 2.05) is 6.07 Å². The Morgan fingerprint density at radius 2 is 0.800 bits per heavy atom. The first-order valence-electron chi connectivity index (χ1n) is 26.2. The Kier molecular flexibility index (Phi) is 11.2. The Hall–Kier alpha value is -9.12. The molecule has 0 radical (unpaired) electrons. The average Bonchev–Trinajstić information content (AvgIpc) is 4.09. The van der Waals surface area contributed by atoms with Gasteiger partial charge in [0.05, 0.1) is 34.1 Å². The molecule has 362 valence electrons. The molecule has 0 bridgehead atoms. The maximum atomic E-state index is 6.96. The van der Waals surface area contributed by atoms with E-state index < -0.39 is 0 Å². The van der Waals surface area contributed by atoms with Gasteiger partial charge in [-0.05, 0) is 111 Å². The van der Waals surface area contributed by atoms with Crippen LogP contribution >= 0.6 is 0 Å². The summed E-state index contributed by atoms with van der Waals surface area (Å²) in [7, 11) is 0. The van der Waals surface area contributed by atoms with Crippen LogP contribution in [0.4, 0.5) is 34.1 Å². The van der Waals surface area contributed by atoms with Gasteiger partial charge in [0.2, 0.25) is 0 Å². The van der Waals surface area contributed by atoms with Gasteiger partial charge in [0.25, 0.3) is 0 Å². The number of hydrogen-bond donors (Lipinski definition) is 0. The summed E-state index contributed by atoms with van der Waals surface area (Å²) in [4.78, 5) is 4.92. The summed E-state index contributed by atoms with van der Waals surface area (Å²) in [6, 6.07) is 78.5. The molecule has 0 aliphatic heterocycles. The molecule has 0 N–H and O–H groups in total. The Balaban J connectivity index is 1.18. The summed E-state index contributed by atoms with van der Waals surface area (Å²) in [5.41, 5.74) is 18.8. The molecule has 4 heteroatoms. The monoisotopic (exact) mass is 968 g/mol. The maximum Gasteiger partial charge on any atom is 0.159 e. The number of para-hydroxylation sites is 6. The van der Waals surface area contributed by atoms with Crippen LogP contribution in [0.1, 0.15) is 61.8 Å². The molecule has 4 nitrogen and oxygen atoms in total. The molecule has 2 heterocycles. The molecular weight excluding hydrogens is 913 g/mol. The highest BCUT2D eigenvalue weighted by Gasteiger charge is 2.30. The minimum Gasteiger partial charge on any atom is -0.454 e. The summed E-state index contributed by atoms with van der Waals surface area (Å²) in [5.74, 6) is 0.361. The zero-order valence-electron chi connectivity index (χ0n) is 42.9. The van der Waals surface area contributed by atoms with Crippen molar-refractivity contribution in [2.75, 3.05) is 9.80 Å². The summed E-state index contributed by atoms with van der Waals surface area (Å²) in [6.45, 7) is 16.3. The number of fused-ring (bicyclic) bond motifs is 9. The van der Waals surface area contributed by atoms with Crippen molar-refractivity contribution in [3.8, 4) is 22.3 Å². The molecule has 0 atom stereocenters. The lowest BCUT2D eigenvalue weighted by Gasteiger charge is -2.33. The van der Waals surface area contributed by atoms with Crippen molar-refractivity contribution in [1.29, 1.82) is 0 Å². The van der Waals surface area contributed by atoms with Crippen LogP contribution in [0, 0.1) is 6.92 Å². The lowest BCUT2D eigenvalue weighted by atomic mass is 9.84. The normalized spacial score (nSPS) is 11.8. The van der Waals surface area contributed by atoms with Gasteiger partial charge in [-0.15, -0.1) is 0 Å². The van der Waals surface area contributed by atoms with Crippen LogP contribution in [0.25, 0.3) is 93.8 Å². The van der Waals surface area contributed by atoms with Crippen LogP contribution in [0.15, 0.2) is 234 Å². The van der Waals surface area contributed by atoms with Crippen molar-refractivity contribution in [2.45, 2.75) is 46.5 Å². The first kappa shape index (κ1) is 45.7. The van der Waals surface area contributed by atoms with Gasteiger partial charge in [0, 0.05) is 43.6 Å². The zero-order chi connectivity index (χ0) is 50.9. The van der Waals surface area contributed by atoms with Gasteiger partial charge in [0.15, 0.2) is 11.2 Å². The molecule has 0 aliphatic rings. The van der Waals surface area contributed by atoms with Crippen LogP contribution in [-0.2, 0) is 0 Å². The lowest BCUT2D eigenvalue weighted by molar-refractivity contribution is 0.668. The van der Waals surface area contributed by atoms with Crippen molar-refractivity contribution in [3.63, 3.8) is 0 Å². The van der Waals surface area contributed by atoms with Crippen LogP contribution in [-0.4, -0.2) is 0 Å². The predicted octanol–water partition coefficient (Wildman–Crippen LogP) is 21.3. The number of aryl methyl sites for hydroxylation is 1.